The average molecular weight is 337 g/mol. The van der Waals surface area contributed by atoms with Gasteiger partial charge in [-0.1, -0.05) is 0 Å². The summed E-state index contributed by atoms with van der Waals surface area (Å²) in [6, 6.07) is 4.03. The Kier molecular flexibility index (Phi) is 4.14. The molecule has 20 heavy (non-hydrogen) atoms. The van der Waals surface area contributed by atoms with Gasteiger partial charge in [0.15, 0.2) is 0 Å². The number of β-amino-alcohol motifs (C(OH)–C–C–N with tert-alkyl or cyclic N) is 1. The van der Waals surface area contributed by atoms with Crippen molar-refractivity contribution >= 4 is 32.7 Å². The SMILES string of the molecule is OCCN1CCN(c2ccnc3cc(Br)cnc23)CC1. The lowest BCUT2D eigenvalue weighted by Gasteiger charge is -2.35. The number of aliphatic hydroxyl groups is 1. The fourth-order valence-electron chi connectivity index (χ4n) is 2.60. The molecule has 0 aromatic carbocycles. The fraction of sp³-hybridized carbons (Fsp3) is 0.429. The summed E-state index contributed by atoms with van der Waals surface area (Å²) in [6.07, 6.45) is 3.65. The zero-order chi connectivity index (χ0) is 13.9. The van der Waals surface area contributed by atoms with Crippen LogP contribution in [0.2, 0.25) is 0 Å². The molecule has 1 aliphatic rings. The van der Waals surface area contributed by atoms with Crippen molar-refractivity contribution in [3.8, 4) is 0 Å². The first-order chi connectivity index (χ1) is 9.78. The van der Waals surface area contributed by atoms with Crippen LogP contribution in [0.3, 0.4) is 0 Å². The molecule has 0 unspecified atom stereocenters. The van der Waals surface area contributed by atoms with Crippen LogP contribution in [0.1, 0.15) is 0 Å². The highest BCUT2D eigenvalue weighted by Crippen LogP contribution is 2.26. The number of hydrogen-bond acceptors (Lipinski definition) is 5. The number of anilines is 1. The predicted molar refractivity (Wildman–Crippen MR) is 83.0 cm³/mol. The quantitative estimate of drug-likeness (QED) is 0.920. The molecule has 6 heteroatoms. The van der Waals surface area contributed by atoms with Gasteiger partial charge in [0.05, 0.1) is 17.8 Å². The number of piperazine rings is 1. The number of nitrogens with zero attached hydrogens (tertiary/aromatic N) is 4. The molecule has 2 aromatic rings. The fourth-order valence-corrected chi connectivity index (χ4v) is 2.92. The highest BCUT2D eigenvalue weighted by molar-refractivity contribution is 9.10. The van der Waals surface area contributed by atoms with Gasteiger partial charge in [-0.2, -0.15) is 0 Å². The zero-order valence-electron chi connectivity index (χ0n) is 11.2. The van der Waals surface area contributed by atoms with Crippen LogP contribution in [0.5, 0.6) is 0 Å². The van der Waals surface area contributed by atoms with Gasteiger partial charge < -0.3 is 10.0 Å². The van der Waals surface area contributed by atoms with Crippen LogP contribution in [-0.2, 0) is 0 Å². The molecular weight excluding hydrogens is 320 g/mol. The van der Waals surface area contributed by atoms with E-state index in [1.807, 2.05) is 24.5 Å². The van der Waals surface area contributed by atoms with Crippen molar-refractivity contribution in [3.05, 3.63) is 29.0 Å². The summed E-state index contributed by atoms with van der Waals surface area (Å²) >= 11 is 3.43. The third-order valence-electron chi connectivity index (χ3n) is 3.65. The maximum absolute atomic E-state index is 8.99. The zero-order valence-corrected chi connectivity index (χ0v) is 12.8. The van der Waals surface area contributed by atoms with Gasteiger partial charge in [0.2, 0.25) is 0 Å². The average Bonchev–Trinajstić information content (AvgIpc) is 2.47. The Morgan fingerprint density at radius 2 is 2.00 bits per heavy atom. The highest BCUT2D eigenvalue weighted by Gasteiger charge is 2.18. The lowest BCUT2D eigenvalue weighted by molar-refractivity contribution is 0.189. The summed E-state index contributed by atoms with van der Waals surface area (Å²) in [4.78, 5) is 13.5. The molecule has 2 aromatic heterocycles. The minimum atomic E-state index is 0.230. The van der Waals surface area contributed by atoms with Crippen LogP contribution in [0.4, 0.5) is 5.69 Å². The molecule has 1 N–H and O–H groups in total. The Hall–Kier alpha value is -1.24. The van der Waals surface area contributed by atoms with E-state index in [4.69, 9.17) is 5.11 Å². The van der Waals surface area contributed by atoms with Crippen molar-refractivity contribution in [2.24, 2.45) is 0 Å². The topological polar surface area (TPSA) is 52.5 Å². The maximum Gasteiger partial charge on any atom is 0.112 e. The molecule has 0 saturated carbocycles. The number of aromatic nitrogens is 2. The maximum atomic E-state index is 8.99. The summed E-state index contributed by atoms with van der Waals surface area (Å²) in [5, 5.41) is 8.99. The second-order valence-corrected chi connectivity index (χ2v) is 5.82. The highest BCUT2D eigenvalue weighted by atomic mass is 79.9. The van der Waals surface area contributed by atoms with Gasteiger partial charge in [0, 0.05) is 49.6 Å². The second kappa shape index (κ2) is 6.03. The van der Waals surface area contributed by atoms with Crippen molar-refractivity contribution in [3.63, 3.8) is 0 Å². The van der Waals surface area contributed by atoms with Crippen LogP contribution < -0.4 is 4.90 Å². The van der Waals surface area contributed by atoms with E-state index in [9.17, 15) is 0 Å². The second-order valence-electron chi connectivity index (χ2n) is 4.90. The smallest absolute Gasteiger partial charge is 0.112 e. The molecule has 0 spiro atoms. The minimum absolute atomic E-state index is 0.230. The first kappa shape index (κ1) is 13.7. The Morgan fingerprint density at radius 1 is 1.20 bits per heavy atom. The van der Waals surface area contributed by atoms with Gasteiger partial charge in [0.25, 0.3) is 0 Å². The monoisotopic (exact) mass is 336 g/mol. The standard InChI is InChI=1S/C14H17BrN4O/c15-11-9-12-14(17-10-11)13(1-2-16-12)19-5-3-18(4-6-19)7-8-20/h1-2,9-10,20H,3-8H2. The van der Waals surface area contributed by atoms with Gasteiger partial charge in [-0.05, 0) is 28.1 Å². The third-order valence-corrected chi connectivity index (χ3v) is 4.09. The van der Waals surface area contributed by atoms with E-state index < -0.39 is 0 Å². The lowest BCUT2D eigenvalue weighted by atomic mass is 10.2. The van der Waals surface area contributed by atoms with Gasteiger partial charge in [-0.15, -0.1) is 0 Å². The number of hydrogen-bond donors (Lipinski definition) is 1. The number of pyridine rings is 2. The van der Waals surface area contributed by atoms with E-state index in [0.717, 1.165) is 53.9 Å². The summed E-state index contributed by atoms with van der Waals surface area (Å²) in [5.74, 6) is 0. The number of rotatable bonds is 3. The molecule has 0 aliphatic carbocycles. The Bertz CT molecular complexity index is 599. The van der Waals surface area contributed by atoms with Gasteiger partial charge in [-0.3, -0.25) is 14.9 Å². The van der Waals surface area contributed by atoms with Crippen LogP contribution in [0.25, 0.3) is 11.0 Å². The number of halogens is 1. The van der Waals surface area contributed by atoms with E-state index in [-0.39, 0.29) is 6.61 Å². The molecule has 1 fully saturated rings. The normalized spacial score (nSPS) is 16.8. The number of fused-ring (bicyclic) bond motifs is 1. The van der Waals surface area contributed by atoms with Gasteiger partial charge >= 0.3 is 0 Å². The number of aliphatic hydroxyl groups excluding tert-OH is 1. The van der Waals surface area contributed by atoms with Crippen molar-refractivity contribution in [2.45, 2.75) is 0 Å². The van der Waals surface area contributed by atoms with Crippen LogP contribution in [0.15, 0.2) is 29.0 Å². The van der Waals surface area contributed by atoms with Crippen molar-refractivity contribution in [1.29, 1.82) is 0 Å². The third kappa shape index (κ3) is 2.77. The van der Waals surface area contributed by atoms with Crippen molar-refractivity contribution < 1.29 is 5.11 Å². The first-order valence-corrected chi connectivity index (χ1v) is 7.55. The van der Waals surface area contributed by atoms with E-state index >= 15 is 0 Å². The molecule has 0 amide bonds. The summed E-state index contributed by atoms with van der Waals surface area (Å²) in [6.45, 7) is 4.85. The largest absolute Gasteiger partial charge is 0.395 e. The Labute approximate surface area is 126 Å². The molecule has 1 saturated heterocycles. The first-order valence-electron chi connectivity index (χ1n) is 6.76. The molecule has 3 heterocycles. The van der Waals surface area contributed by atoms with Crippen molar-refractivity contribution in [2.75, 3.05) is 44.2 Å². The molecule has 0 atom stereocenters. The van der Waals surface area contributed by atoms with Crippen molar-refractivity contribution in [1.82, 2.24) is 14.9 Å². The van der Waals surface area contributed by atoms with E-state index in [1.54, 1.807) is 0 Å². The summed E-state index contributed by atoms with van der Waals surface area (Å²) in [5.41, 5.74) is 3.01. The van der Waals surface area contributed by atoms with Crippen LogP contribution in [0, 0.1) is 0 Å². The molecular formula is C14H17BrN4O. The van der Waals surface area contributed by atoms with E-state index in [0.29, 0.717) is 0 Å². The van der Waals surface area contributed by atoms with Crippen LogP contribution >= 0.6 is 15.9 Å². The summed E-state index contributed by atoms with van der Waals surface area (Å²) in [7, 11) is 0. The Balaban J connectivity index is 1.84. The van der Waals surface area contributed by atoms with Gasteiger partial charge in [-0.25, -0.2) is 0 Å². The molecule has 106 valence electrons. The van der Waals surface area contributed by atoms with Gasteiger partial charge in [0.1, 0.15) is 5.52 Å². The molecule has 0 bridgehead atoms. The summed E-state index contributed by atoms with van der Waals surface area (Å²) < 4.78 is 0.947. The molecule has 1 aliphatic heterocycles. The minimum Gasteiger partial charge on any atom is -0.395 e. The van der Waals surface area contributed by atoms with E-state index in [2.05, 4.69) is 35.7 Å². The van der Waals surface area contributed by atoms with Crippen LogP contribution in [-0.4, -0.2) is 59.3 Å². The predicted octanol–water partition coefficient (Wildman–Crippen LogP) is 1.51. The lowest BCUT2D eigenvalue weighted by Crippen LogP contribution is -2.47. The molecule has 0 radical (unpaired) electrons. The molecule has 3 rings (SSSR count). The molecule has 5 nitrogen and oxygen atoms in total. The Morgan fingerprint density at radius 3 is 2.75 bits per heavy atom. The van der Waals surface area contributed by atoms with E-state index in [1.165, 1.54) is 0 Å².